The van der Waals surface area contributed by atoms with E-state index in [0.29, 0.717) is 38.3 Å². The highest BCUT2D eigenvalue weighted by molar-refractivity contribution is 7.21. The number of hydrogen-bond acceptors (Lipinski definition) is 7. The van der Waals surface area contributed by atoms with Gasteiger partial charge in [-0.3, -0.25) is 0 Å². The number of hydrogen-bond donors (Lipinski definition) is 2. The van der Waals surface area contributed by atoms with Crippen molar-refractivity contribution < 1.29 is 9.52 Å². The molecule has 0 aliphatic carbocycles. The number of phenols is 1. The Balaban J connectivity index is 1.89. The summed E-state index contributed by atoms with van der Waals surface area (Å²) < 4.78 is 5.35. The van der Waals surface area contributed by atoms with Crippen LogP contribution < -0.4 is 5.73 Å². The first-order chi connectivity index (χ1) is 10.7. The van der Waals surface area contributed by atoms with Gasteiger partial charge in [-0.05, 0) is 24.3 Å². The van der Waals surface area contributed by atoms with Gasteiger partial charge in [0.2, 0.25) is 0 Å². The SMILES string of the molecule is Nc1nc(-c2cccc(O)c2)nc2sc(-c3ccco3)nc12. The van der Waals surface area contributed by atoms with Gasteiger partial charge in [0.15, 0.2) is 22.4 Å². The van der Waals surface area contributed by atoms with Gasteiger partial charge >= 0.3 is 0 Å². The molecule has 0 atom stereocenters. The second-order valence-electron chi connectivity index (χ2n) is 4.63. The number of rotatable bonds is 2. The number of furan rings is 1. The van der Waals surface area contributed by atoms with E-state index in [1.54, 1.807) is 30.5 Å². The molecule has 3 N–H and O–H groups in total. The molecular weight excluding hydrogens is 300 g/mol. The summed E-state index contributed by atoms with van der Waals surface area (Å²) in [5.41, 5.74) is 7.25. The van der Waals surface area contributed by atoms with Crippen LogP contribution in [-0.2, 0) is 0 Å². The van der Waals surface area contributed by atoms with E-state index >= 15 is 0 Å². The molecule has 0 aliphatic rings. The van der Waals surface area contributed by atoms with Gasteiger partial charge in [0.1, 0.15) is 16.1 Å². The van der Waals surface area contributed by atoms with Crippen LogP contribution in [0.1, 0.15) is 0 Å². The number of aromatic hydroxyl groups is 1. The molecule has 0 amide bonds. The van der Waals surface area contributed by atoms with E-state index in [1.165, 1.54) is 11.3 Å². The minimum atomic E-state index is 0.153. The first kappa shape index (κ1) is 12.8. The predicted molar refractivity (Wildman–Crippen MR) is 84.4 cm³/mol. The number of anilines is 1. The van der Waals surface area contributed by atoms with Gasteiger partial charge in [0.25, 0.3) is 0 Å². The lowest BCUT2D eigenvalue weighted by atomic mass is 10.2. The van der Waals surface area contributed by atoms with Crippen molar-refractivity contribution >= 4 is 27.5 Å². The number of fused-ring (bicyclic) bond motifs is 1. The van der Waals surface area contributed by atoms with E-state index in [0.717, 1.165) is 0 Å². The molecule has 0 spiro atoms. The number of aromatic nitrogens is 3. The van der Waals surface area contributed by atoms with Gasteiger partial charge in [0.05, 0.1) is 6.26 Å². The van der Waals surface area contributed by atoms with Crippen LogP contribution in [0.2, 0.25) is 0 Å². The number of phenolic OH excluding ortho intramolecular Hbond substituents is 1. The number of nitrogens with two attached hydrogens (primary N) is 1. The molecule has 3 heterocycles. The molecule has 108 valence electrons. The molecule has 0 unspecified atom stereocenters. The number of benzene rings is 1. The lowest BCUT2D eigenvalue weighted by Crippen LogP contribution is -1.96. The highest BCUT2D eigenvalue weighted by Crippen LogP contribution is 2.33. The van der Waals surface area contributed by atoms with Crippen LogP contribution in [0.25, 0.3) is 32.5 Å². The Morgan fingerprint density at radius 2 is 2.00 bits per heavy atom. The standard InChI is InChI=1S/C15H10N4O2S/c16-12-11-15(22-14(17-11)10-5-2-6-21-10)19-13(18-12)8-3-1-4-9(20)7-8/h1-7,20H,(H2,16,18,19). The summed E-state index contributed by atoms with van der Waals surface area (Å²) >= 11 is 1.38. The summed E-state index contributed by atoms with van der Waals surface area (Å²) in [6, 6.07) is 10.4. The normalized spacial score (nSPS) is 11.1. The summed E-state index contributed by atoms with van der Waals surface area (Å²) in [7, 11) is 0. The molecule has 0 saturated heterocycles. The molecule has 0 bridgehead atoms. The van der Waals surface area contributed by atoms with Crippen LogP contribution in [0.4, 0.5) is 5.82 Å². The fraction of sp³-hybridized carbons (Fsp3) is 0. The highest BCUT2D eigenvalue weighted by atomic mass is 32.1. The summed E-state index contributed by atoms with van der Waals surface area (Å²) in [5.74, 6) is 1.58. The number of thiazole rings is 1. The molecule has 4 rings (SSSR count). The van der Waals surface area contributed by atoms with Crippen molar-refractivity contribution in [2.45, 2.75) is 0 Å². The zero-order valence-electron chi connectivity index (χ0n) is 11.2. The van der Waals surface area contributed by atoms with Gasteiger partial charge in [-0.2, -0.15) is 0 Å². The molecule has 22 heavy (non-hydrogen) atoms. The van der Waals surface area contributed by atoms with Crippen LogP contribution in [-0.4, -0.2) is 20.1 Å². The number of nitrogens with zero attached hydrogens (tertiary/aromatic N) is 3. The fourth-order valence-electron chi connectivity index (χ4n) is 2.12. The Hall–Kier alpha value is -2.93. The quantitative estimate of drug-likeness (QED) is 0.589. The second-order valence-corrected chi connectivity index (χ2v) is 5.61. The zero-order chi connectivity index (χ0) is 15.1. The zero-order valence-corrected chi connectivity index (χ0v) is 12.0. The average molecular weight is 310 g/mol. The van der Waals surface area contributed by atoms with Crippen molar-refractivity contribution in [2.24, 2.45) is 0 Å². The molecule has 1 aromatic carbocycles. The van der Waals surface area contributed by atoms with E-state index in [-0.39, 0.29) is 5.75 Å². The van der Waals surface area contributed by atoms with E-state index < -0.39 is 0 Å². The van der Waals surface area contributed by atoms with Crippen LogP contribution in [0.15, 0.2) is 47.1 Å². The topological polar surface area (TPSA) is 98.1 Å². The van der Waals surface area contributed by atoms with E-state index in [4.69, 9.17) is 10.2 Å². The van der Waals surface area contributed by atoms with Crippen LogP contribution in [0, 0.1) is 0 Å². The summed E-state index contributed by atoms with van der Waals surface area (Å²) in [4.78, 5) is 13.9. The molecule has 0 saturated carbocycles. The predicted octanol–water partition coefficient (Wildman–Crippen LogP) is 3.30. The lowest BCUT2D eigenvalue weighted by Gasteiger charge is -2.02. The fourth-order valence-corrected chi connectivity index (χ4v) is 3.04. The maximum absolute atomic E-state index is 9.58. The van der Waals surface area contributed by atoms with Gasteiger partial charge in [-0.15, -0.1) is 0 Å². The van der Waals surface area contributed by atoms with Crippen molar-refractivity contribution in [1.82, 2.24) is 15.0 Å². The maximum atomic E-state index is 9.58. The third-order valence-electron chi connectivity index (χ3n) is 3.12. The number of nitrogen functional groups attached to an aromatic ring is 1. The van der Waals surface area contributed by atoms with Crippen molar-refractivity contribution in [3.8, 4) is 27.9 Å². The molecule has 0 aliphatic heterocycles. The Morgan fingerprint density at radius 1 is 1.09 bits per heavy atom. The van der Waals surface area contributed by atoms with Gasteiger partial charge in [-0.25, -0.2) is 15.0 Å². The maximum Gasteiger partial charge on any atom is 0.163 e. The van der Waals surface area contributed by atoms with Crippen molar-refractivity contribution in [3.05, 3.63) is 42.7 Å². The summed E-state index contributed by atoms with van der Waals surface area (Å²) in [6.45, 7) is 0. The Bertz CT molecular complexity index is 963. The minimum absolute atomic E-state index is 0.153. The van der Waals surface area contributed by atoms with Crippen molar-refractivity contribution in [1.29, 1.82) is 0 Å². The molecule has 4 aromatic rings. The Labute approximate surface area is 128 Å². The van der Waals surface area contributed by atoms with E-state index in [9.17, 15) is 5.11 Å². The Kier molecular flexibility index (Phi) is 2.80. The average Bonchev–Trinajstić information content (AvgIpc) is 3.16. The van der Waals surface area contributed by atoms with Gasteiger partial charge in [0, 0.05) is 5.56 Å². The first-order valence-electron chi connectivity index (χ1n) is 6.48. The smallest absolute Gasteiger partial charge is 0.163 e. The first-order valence-corrected chi connectivity index (χ1v) is 7.30. The third-order valence-corrected chi connectivity index (χ3v) is 4.09. The van der Waals surface area contributed by atoms with E-state index in [1.807, 2.05) is 12.1 Å². The monoisotopic (exact) mass is 310 g/mol. The molecule has 0 fully saturated rings. The van der Waals surface area contributed by atoms with Gasteiger partial charge < -0.3 is 15.3 Å². The minimum Gasteiger partial charge on any atom is -0.508 e. The summed E-state index contributed by atoms with van der Waals surface area (Å²) in [5, 5.41) is 10.3. The summed E-state index contributed by atoms with van der Waals surface area (Å²) in [6.07, 6.45) is 1.59. The van der Waals surface area contributed by atoms with Crippen LogP contribution >= 0.6 is 11.3 Å². The molecule has 6 nitrogen and oxygen atoms in total. The highest BCUT2D eigenvalue weighted by Gasteiger charge is 2.15. The molecular formula is C15H10N4O2S. The van der Waals surface area contributed by atoms with Crippen molar-refractivity contribution in [3.63, 3.8) is 0 Å². The van der Waals surface area contributed by atoms with Crippen LogP contribution in [0.3, 0.4) is 0 Å². The Morgan fingerprint density at radius 3 is 2.77 bits per heavy atom. The molecule has 3 aromatic heterocycles. The van der Waals surface area contributed by atoms with Crippen LogP contribution in [0.5, 0.6) is 5.75 Å². The van der Waals surface area contributed by atoms with Gasteiger partial charge in [-0.1, -0.05) is 23.5 Å². The largest absolute Gasteiger partial charge is 0.508 e. The van der Waals surface area contributed by atoms with E-state index in [2.05, 4.69) is 15.0 Å². The lowest BCUT2D eigenvalue weighted by molar-refractivity contribution is 0.475. The second kappa shape index (κ2) is 4.81. The molecule has 0 radical (unpaired) electrons. The molecule has 7 heteroatoms. The van der Waals surface area contributed by atoms with Crippen molar-refractivity contribution in [2.75, 3.05) is 5.73 Å². The third kappa shape index (κ3) is 2.08.